The van der Waals surface area contributed by atoms with Crippen LogP contribution in [0.4, 0.5) is 0 Å². The number of hydrogen-bond donors (Lipinski definition) is 1. The predicted octanol–water partition coefficient (Wildman–Crippen LogP) is 2.01. The fourth-order valence-corrected chi connectivity index (χ4v) is 3.42. The van der Waals surface area contributed by atoms with Crippen LogP contribution in [0, 0.1) is 5.92 Å². The third-order valence-corrected chi connectivity index (χ3v) is 4.95. The SMILES string of the molecule is CCCCCn1nc(C(=O)N2CCC(CN)C2)c2ccccc2c1=O. The molecule has 134 valence electrons. The topological polar surface area (TPSA) is 81.2 Å². The summed E-state index contributed by atoms with van der Waals surface area (Å²) in [5, 5.41) is 5.65. The molecule has 1 fully saturated rings. The summed E-state index contributed by atoms with van der Waals surface area (Å²) < 4.78 is 1.46. The minimum Gasteiger partial charge on any atom is -0.337 e. The lowest BCUT2D eigenvalue weighted by molar-refractivity contribution is 0.0781. The number of carbonyl (C=O) groups excluding carboxylic acids is 1. The van der Waals surface area contributed by atoms with E-state index in [4.69, 9.17) is 5.73 Å². The fourth-order valence-electron chi connectivity index (χ4n) is 3.42. The smallest absolute Gasteiger partial charge is 0.274 e. The molecule has 2 aromatic rings. The molecule has 6 heteroatoms. The first-order valence-corrected chi connectivity index (χ1v) is 9.15. The number of amides is 1. The van der Waals surface area contributed by atoms with E-state index in [9.17, 15) is 9.59 Å². The van der Waals surface area contributed by atoms with Crippen molar-refractivity contribution >= 4 is 16.7 Å². The molecular weight excluding hydrogens is 316 g/mol. The molecule has 1 unspecified atom stereocenters. The molecular formula is C19H26N4O2. The molecule has 0 radical (unpaired) electrons. The van der Waals surface area contributed by atoms with Crippen LogP contribution in [0.3, 0.4) is 0 Å². The van der Waals surface area contributed by atoms with Crippen molar-refractivity contribution in [3.8, 4) is 0 Å². The molecule has 0 bridgehead atoms. The Morgan fingerprint density at radius 2 is 2.04 bits per heavy atom. The van der Waals surface area contributed by atoms with Gasteiger partial charge in [0.05, 0.1) is 5.39 Å². The maximum Gasteiger partial charge on any atom is 0.274 e. The number of fused-ring (bicyclic) bond motifs is 1. The summed E-state index contributed by atoms with van der Waals surface area (Å²) in [6.07, 6.45) is 3.92. The lowest BCUT2D eigenvalue weighted by Gasteiger charge is -2.18. The van der Waals surface area contributed by atoms with Gasteiger partial charge in [-0.1, -0.05) is 38.0 Å². The van der Waals surface area contributed by atoms with Crippen LogP contribution in [0.2, 0.25) is 0 Å². The van der Waals surface area contributed by atoms with Crippen molar-refractivity contribution in [1.82, 2.24) is 14.7 Å². The Kier molecular flexibility index (Phi) is 5.48. The van der Waals surface area contributed by atoms with Gasteiger partial charge in [0.25, 0.3) is 11.5 Å². The number of nitrogens with two attached hydrogens (primary N) is 1. The molecule has 0 saturated carbocycles. The lowest BCUT2D eigenvalue weighted by atomic mass is 10.1. The number of hydrogen-bond acceptors (Lipinski definition) is 4. The first-order valence-electron chi connectivity index (χ1n) is 9.15. The second-order valence-corrected chi connectivity index (χ2v) is 6.77. The van der Waals surface area contributed by atoms with Gasteiger partial charge in [0.1, 0.15) is 0 Å². The van der Waals surface area contributed by atoms with Crippen LogP contribution in [0.5, 0.6) is 0 Å². The molecule has 2 heterocycles. The Labute approximate surface area is 147 Å². The van der Waals surface area contributed by atoms with E-state index in [1.165, 1.54) is 4.68 Å². The van der Waals surface area contributed by atoms with E-state index >= 15 is 0 Å². The molecule has 25 heavy (non-hydrogen) atoms. The van der Waals surface area contributed by atoms with Gasteiger partial charge in [-0.25, -0.2) is 4.68 Å². The number of aromatic nitrogens is 2. The van der Waals surface area contributed by atoms with E-state index in [0.29, 0.717) is 48.6 Å². The number of unbranched alkanes of at least 4 members (excludes halogenated alkanes) is 2. The van der Waals surface area contributed by atoms with Crippen LogP contribution >= 0.6 is 0 Å². The van der Waals surface area contributed by atoms with Crippen molar-refractivity contribution in [3.63, 3.8) is 0 Å². The monoisotopic (exact) mass is 342 g/mol. The molecule has 1 aromatic heterocycles. The largest absolute Gasteiger partial charge is 0.337 e. The van der Waals surface area contributed by atoms with Gasteiger partial charge in [0.2, 0.25) is 0 Å². The van der Waals surface area contributed by atoms with Gasteiger partial charge in [0.15, 0.2) is 5.69 Å². The zero-order chi connectivity index (χ0) is 17.8. The summed E-state index contributed by atoms with van der Waals surface area (Å²) in [6.45, 7) is 4.62. The Morgan fingerprint density at radius 1 is 1.28 bits per heavy atom. The molecule has 1 aromatic carbocycles. The van der Waals surface area contributed by atoms with E-state index in [2.05, 4.69) is 12.0 Å². The fraction of sp³-hybridized carbons (Fsp3) is 0.526. The van der Waals surface area contributed by atoms with Crippen molar-refractivity contribution in [1.29, 1.82) is 0 Å². The van der Waals surface area contributed by atoms with Crippen molar-refractivity contribution in [2.45, 2.75) is 39.2 Å². The van der Waals surface area contributed by atoms with Crippen LogP contribution in [0.15, 0.2) is 29.1 Å². The summed E-state index contributed by atoms with van der Waals surface area (Å²) in [5.74, 6) is 0.252. The number of nitrogens with zero attached hydrogens (tertiary/aromatic N) is 3. The summed E-state index contributed by atoms with van der Waals surface area (Å²) in [4.78, 5) is 27.5. The minimum absolute atomic E-state index is 0.101. The summed E-state index contributed by atoms with van der Waals surface area (Å²) in [5.41, 5.74) is 6.00. The normalized spacial score (nSPS) is 17.4. The van der Waals surface area contributed by atoms with Gasteiger partial charge in [-0.3, -0.25) is 9.59 Å². The van der Waals surface area contributed by atoms with Gasteiger partial charge in [-0.05, 0) is 31.4 Å². The van der Waals surface area contributed by atoms with Gasteiger partial charge in [-0.2, -0.15) is 5.10 Å². The maximum absolute atomic E-state index is 13.0. The highest BCUT2D eigenvalue weighted by molar-refractivity contribution is 6.04. The van der Waals surface area contributed by atoms with Gasteiger partial charge in [0, 0.05) is 25.0 Å². The van der Waals surface area contributed by atoms with Crippen LogP contribution in [-0.2, 0) is 6.54 Å². The molecule has 0 aliphatic carbocycles. The van der Waals surface area contributed by atoms with E-state index in [-0.39, 0.29) is 11.5 Å². The first kappa shape index (κ1) is 17.6. The van der Waals surface area contributed by atoms with E-state index in [1.54, 1.807) is 6.07 Å². The quantitative estimate of drug-likeness (QED) is 0.814. The molecule has 3 rings (SSSR count). The predicted molar refractivity (Wildman–Crippen MR) is 98.6 cm³/mol. The van der Waals surface area contributed by atoms with Crippen molar-refractivity contribution in [2.24, 2.45) is 11.7 Å². The highest BCUT2D eigenvalue weighted by Crippen LogP contribution is 2.20. The third-order valence-electron chi connectivity index (χ3n) is 4.95. The lowest BCUT2D eigenvalue weighted by Crippen LogP contribution is -2.33. The average Bonchev–Trinajstić information content (AvgIpc) is 3.12. The molecule has 1 amide bonds. The Morgan fingerprint density at radius 3 is 2.72 bits per heavy atom. The van der Waals surface area contributed by atoms with Crippen molar-refractivity contribution in [3.05, 3.63) is 40.3 Å². The number of carbonyl (C=O) groups is 1. The number of likely N-dealkylation sites (tertiary alicyclic amines) is 1. The van der Waals surface area contributed by atoms with Crippen LogP contribution < -0.4 is 11.3 Å². The second kappa shape index (κ2) is 7.78. The van der Waals surface area contributed by atoms with Gasteiger partial charge in [-0.15, -0.1) is 0 Å². The maximum atomic E-state index is 13.0. The van der Waals surface area contributed by atoms with Crippen molar-refractivity contribution < 1.29 is 4.79 Å². The van der Waals surface area contributed by atoms with Crippen molar-refractivity contribution in [2.75, 3.05) is 19.6 Å². The molecule has 2 N–H and O–H groups in total. The molecule has 1 saturated heterocycles. The van der Waals surface area contributed by atoms with Crippen LogP contribution in [-0.4, -0.2) is 40.2 Å². The summed E-state index contributed by atoms with van der Waals surface area (Å²) in [7, 11) is 0. The summed E-state index contributed by atoms with van der Waals surface area (Å²) in [6, 6.07) is 7.26. The number of rotatable bonds is 6. The molecule has 1 atom stereocenters. The second-order valence-electron chi connectivity index (χ2n) is 6.77. The Bertz CT molecular complexity index is 815. The van der Waals surface area contributed by atoms with E-state index < -0.39 is 0 Å². The molecule has 1 aliphatic heterocycles. The zero-order valence-electron chi connectivity index (χ0n) is 14.8. The molecule has 6 nitrogen and oxygen atoms in total. The minimum atomic E-state index is -0.121. The number of benzene rings is 1. The van der Waals surface area contributed by atoms with Crippen LogP contribution in [0.1, 0.15) is 43.1 Å². The van der Waals surface area contributed by atoms with E-state index in [1.807, 2.05) is 23.1 Å². The molecule has 1 aliphatic rings. The Hall–Kier alpha value is -2.21. The Balaban J connectivity index is 1.99. The first-order chi connectivity index (χ1) is 12.2. The molecule has 0 spiro atoms. The zero-order valence-corrected chi connectivity index (χ0v) is 14.8. The average molecular weight is 342 g/mol. The summed E-state index contributed by atoms with van der Waals surface area (Å²) >= 11 is 0. The van der Waals surface area contributed by atoms with Crippen LogP contribution in [0.25, 0.3) is 10.8 Å². The van der Waals surface area contributed by atoms with Gasteiger partial charge >= 0.3 is 0 Å². The highest BCUT2D eigenvalue weighted by atomic mass is 16.2. The van der Waals surface area contributed by atoms with E-state index in [0.717, 1.165) is 25.7 Å². The highest BCUT2D eigenvalue weighted by Gasteiger charge is 2.28. The standard InChI is InChI=1S/C19H26N4O2/c1-2-3-6-10-23-18(24)16-8-5-4-7-15(16)17(21-23)19(25)22-11-9-14(12-20)13-22/h4-5,7-8,14H,2-3,6,9-13,20H2,1H3. The van der Waals surface area contributed by atoms with Gasteiger partial charge < -0.3 is 10.6 Å². The third kappa shape index (κ3) is 3.58. The number of aryl methyl sites for hydroxylation is 1.